The van der Waals surface area contributed by atoms with Crippen LogP contribution >= 0.6 is 23.2 Å². The summed E-state index contributed by atoms with van der Waals surface area (Å²) >= 11 is 11.9. The summed E-state index contributed by atoms with van der Waals surface area (Å²) in [7, 11) is 1.52. The molecule has 0 saturated heterocycles. The van der Waals surface area contributed by atoms with Crippen molar-refractivity contribution in [2.45, 2.75) is 6.92 Å². The molecular formula is C18H14Cl2N2O3. The van der Waals surface area contributed by atoms with Gasteiger partial charge in [0.15, 0.2) is 5.76 Å². The molecule has 128 valence electrons. The van der Waals surface area contributed by atoms with Crippen LogP contribution in [0.5, 0.6) is 5.75 Å². The second-order valence-electron chi connectivity index (χ2n) is 5.28. The number of methoxy groups -OCH3 is 1. The van der Waals surface area contributed by atoms with Crippen LogP contribution in [-0.4, -0.2) is 18.2 Å². The quantitative estimate of drug-likeness (QED) is 0.677. The number of aryl methyl sites for hydroxylation is 1. The van der Waals surface area contributed by atoms with Crippen molar-refractivity contribution in [3.8, 4) is 17.1 Å². The Morgan fingerprint density at radius 3 is 2.48 bits per heavy atom. The van der Waals surface area contributed by atoms with Crippen molar-refractivity contribution in [2.75, 3.05) is 12.4 Å². The first-order valence-electron chi connectivity index (χ1n) is 7.36. The number of carbonyl (C=O) groups is 1. The summed E-state index contributed by atoms with van der Waals surface area (Å²) in [6.07, 6.45) is 0. The molecule has 0 spiro atoms. The zero-order chi connectivity index (χ0) is 18.0. The highest BCUT2D eigenvalue weighted by molar-refractivity contribution is 6.31. The molecule has 0 bridgehead atoms. The molecule has 0 aliphatic carbocycles. The number of rotatable bonds is 4. The van der Waals surface area contributed by atoms with Gasteiger partial charge in [-0.2, -0.15) is 0 Å². The first kappa shape index (κ1) is 17.3. The van der Waals surface area contributed by atoms with Gasteiger partial charge in [0, 0.05) is 15.6 Å². The standard InChI is InChI=1S/C18H14Cl2N2O3/c1-10-16(17(25-22-10)11-3-5-12(19)6-4-11)18(23)21-14-9-13(20)7-8-15(14)24-2/h3-9H,1-2H3,(H,21,23). The summed E-state index contributed by atoms with van der Waals surface area (Å²) in [4.78, 5) is 12.8. The zero-order valence-corrected chi connectivity index (χ0v) is 15.0. The first-order valence-corrected chi connectivity index (χ1v) is 8.12. The summed E-state index contributed by atoms with van der Waals surface area (Å²) in [6.45, 7) is 1.70. The molecule has 0 fully saturated rings. The van der Waals surface area contributed by atoms with Gasteiger partial charge in [-0.3, -0.25) is 4.79 Å². The number of ether oxygens (including phenoxy) is 1. The monoisotopic (exact) mass is 376 g/mol. The molecular weight excluding hydrogens is 363 g/mol. The summed E-state index contributed by atoms with van der Waals surface area (Å²) in [5.41, 5.74) is 1.98. The maximum absolute atomic E-state index is 12.8. The average molecular weight is 377 g/mol. The minimum Gasteiger partial charge on any atom is -0.495 e. The Hall–Kier alpha value is -2.50. The summed E-state index contributed by atoms with van der Waals surface area (Å²) in [6, 6.07) is 11.9. The lowest BCUT2D eigenvalue weighted by atomic mass is 10.1. The molecule has 1 aromatic heterocycles. The molecule has 0 radical (unpaired) electrons. The van der Waals surface area contributed by atoms with Gasteiger partial charge >= 0.3 is 0 Å². The fourth-order valence-electron chi connectivity index (χ4n) is 2.40. The average Bonchev–Trinajstić information content (AvgIpc) is 2.97. The molecule has 1 heterocycles. The van der Waals surface area contributed by atoms with E-state index in [1.54, 1.807) is 49.4 Å². The maximum atomic E-state index is 12.8. The largest absolute Gasteiger partial charge is 0.495 e. The third-order valence-corrected chi connectivity index (χ3v) is 4.09. The van der Waals surface area contributed by atoms with E-state index < -0.39 is 0 Å². The van der Waals surface area contributed by atoms with Crippen LogP contribution in [0.25, 0.3) is 11.3 Å². The molecule has 1 N–H and O–H groups in total. The fraction of sp³-hybridized carbons (Fsp3) is 0.111. The van der Waals surface area contributed by atoms with Crippen LogP contribution in [0.4, 0.5) is 5.69 Å². The van der Waals surface area contributed by atoms with Crippen LogP contribution in [0.2, 0.25) is 10.0 Å². The van der Waals surface area contributed by atoms with E-state index in [2.05, 4.69) is 10.5 Å². The Morgan fingerprint density at radius 1 is 1.12 bits per heavy atom. The lowest BCUT2D eigenvalue weighted by molar-refractivity contribution is 0.102. The molecule has 0 aliphatic heterocycles. The Labute approximate surface area is 154 Å². The number of nitrogens with zero attached hydrogens (tertiary/aromatic N) is 1. The van der Waals surface area contributed by atoms with Gasteiger partial charge in [0.1, 0.15) is 11.3 Å². The van der Waals surface area contributed by atoms with Gasteiger partial charge in [0.2, 0.25) is 0 Å². The van der Waals surface area contributed by atoms with E-state index in [0.717, 1.165) is 0 Å². The van der Waals surface area contributed by atoms with Gasteiger partial charge in [-0.05, 0) is 49.4 Å². The lowest BCUT2D eigenvalue weighted by Gasteiger charge is -2.10. The first-order chi connectivity index (χ1) is 12.0. The van der Waals surface area contributed by atoms with Crippen LogP contribution < -0.4 is 10.1 Å². The van der Waals surface area contributed by atoms with Gasteiger partial charge in [-0.1, -0.05) is 28.4 Å². The Balaban J connectivity index is 1.97. The molecule has 7 heteroatoms. The third-order valence-electron chi connectivity index (χ3n) is 3.61. The van der Waals surface area contributed by atoms with Crippen LogP contribution in [0.3, 0.4) is 0 Å². The molecule has 3 rings (SSSR count). The van der Waals surface area contributed by atoms with Crippen molar-refractivity contribution in [3.05, 3.63) is 63.8 Å². The number of hydrogen-bond acceptors (Lipinski definition) is 4. The molecule has 0 aliphatic rings. The van der Waals surface area contributed by atoms with Crippen molar-refractivity contribution < 1.29 is 14.1 Å². The van der Waals surface area contributed by atoms with Gasteiger partial charge in [0.25, 0.3) is 5.91 Å². The summed E-state index contributed by atoms with van der Waals surface area (Å²) in [5.74, 6) is 0.497. The number of anilines is 1. The number of aromatic nitrogens is 1. The third kappa shape index (κ3) is 3.62. The van der Waals surface area contributed by atoms with E-state index >= 15 is 0 Å². The summed E-state index contributed by atoms with van der Waals surface area (Å²) in [5, 5.41) is 7.78. The van der Waals surface area contributed by atoms with Crippen molar-refractivity contribution >= 4 is 34.8 Å². The molecule has 25 heavy (non-hydrogen) atoms. The maximum Gasteiger partial charge on any atom is 0.261 e. The van der Waals surface area contributed by atoms with Crippen molar-refractivity contribution in [3.63, 3.8) is 0 Å². The highest BCUT2D eigenvalue weighted by Gasteiger charge is 2.23. The van der Waals surface area contributed by atoms with Gasteiger partial charge in [0.05, 0.1) is 18.5 Å². The summed E-state index contributed by atoms with van der Waals surface area (Å²) < 4.78 is 10.6. The number of hydrogen-bond donors (Lipinski definition) is 1. The van der Waals surface area contributed by atoms with E-state index in [4.69, 9.17) is 32.5 Å². The van der Waals surface area contributed by atoms with Crippen LogP contribution in [0, 0.1) is 6.92 Å². The molecule has 2 aromatic carbocycles. The van der Waals surface area contributed by atoms with Crippen molar-refractivity contribution in [1.82, 2.24) is 5.16 Å². The number of carbonyl (C=O) groups excluding carboxylic acids is 1. The predicted octanol–water partition coefficient (Wildman–Crippen LogP) is 5.22. The predicted molar refractivity (Wildman–Crippen MR) is 97.6 cm³/mol. The topological polar surface area (TPSA) is 64.4 Å². The number of halogens is 2. The normalized spacial score (nSPS) is 10.6. The second kappa shape index (κ2) is 7.17. The van der Waals surface area contributed by atoms with Crippen LogP contribution in [-0.2, 0) is 0 Å². The zero-order valence-electron chi connectivity index (χ0n) is 13.5. The molecule has 3 aromatic rings. The minimum absolute atomic E-state index is 0.337. The number of amides is 1. The van der Waals surface area contributed by atoms with Crippen molar-refractivity contribution in [2.24, 2.45) is 0 Å². The van der Waals surface area contributed by atoms with Crippen molar-refractivity contribution in [1.29, 1.82) is 0 Å². The highest BCUT2D eigenvalue weighted by atomic mass is 35.5. The molecule has 0 saturated carbocycles. The molecule has 0 unspecified atom stereocenters. The molecule has 0 atom stereocenters. The Morgan fingerprint density at radius 2 is 1.80 bits per heavy atom. The molecule has 5 nitrogen and oxygen atoms in total. The van der Waals surface area contributed by atoms with E-state index in [0.29, 0.717) is 44.1 Å². The smallest absolute Gasteiger partial charge is 0.261 e. The Kier molecular flexibility index (Phi) is 4.97. The van der Waals surface area contributed by atoms with Gasteiger partial charge in [-0.15, -0.1) is 0 Å². The fourth-order valence-corrected chi connectivity index (χ4v) is 2.70. The SMILES string of the molecule is COc1ccc(Cl)cc1NC(=O)c1c(C)noc1-c1ccc(Cl)cc1. The van der Waals surface area contributed by atoms with Crippen LogP contribution in [0.1, 0.15) is 16.1 Å². The van der Waals surface area contributed by atoms with Gasteiger partial charge in [-0.25, -0.2) is 0 Å². The number of benzene rings is 2. The van der Waals surface area contributed by atoms with E-state index in [1.807, 2.05) is 0 Å². The van der Waals surface area contributed by atoms with Gasteiger partial charge < -0.3 is 14.6 Å². The van der Waals surface area contributed by atoms with E-state index in [1.165, 1.54) is 7.11 Å². The minimum atomic E-state index is -0.371. The second-order valence-corrected chi connectivity index (χ2v) is 6.15. The highest BCUT2D eigenvalue weighted by Crippen LogP contribution is 2.31. The molecule has 1 amide bonds. The Bertz CT molecular complexity index is 921. The van der Waals surface area contributed by atoms with Crippen LogP contribution in [0.15, 0.2) is 47.0 Å². The van der Waals surface area contributed by atoms with E-state index in [9.17, 15) is 4.79 Å². The lowest BCUT2D eigenvalue weighted by Crippen LogP contribution is -2.14. The van der Waals surface area contributed by atoms with E-state index in [-0.39, 0.29) is 5.91 Å². The number of nitrogens with one attached hydrogen (secondary N) is 1.